The molecule has 0 aliphatic rings. The lowest BCUT2D eigenvalue weighted by Gasteiger charge is -2.06. The van der Waals surface area contributed by atoms with Crippen molar-refractivity contribution in [3.8, 4) is 5.75 Å². The van der Waals surface area contributed by atoms with Gasteiger partial charge in [0, 0.05) is 5.56 Å². The molecule has 0 heterocycles. The third-order valence-electron chi connectivity index (χ3n) is 1.82. The molecule has 0 aliphatic carbocycles. The van der Waals surface area contributed by atoms with Crippen molar-refractivity contribution in [2.45, 2.75) is 13.3 Å². The van der Waals surface area contributed by atoms with Crippen LogP contribution in [0.25, 0.3) is 0 Å². The van der Waals surface area contributed by atoms with E-state index in [2.05, 4.69) is 0 Å². The summed E-state index contributed by atoms with van der Waals surface area (Å²) in [5, 5.41) is 0. The lowest BCUT2D eigenvalue weighted by Crippen LogP contribution is -2.15. The summed E-state index contributed by atoms with van der Waals surface area (Å²) in [5.41, 5.74) is 0.513. The van der Waals surface area contributed by atoms with Crippen LogP contribution in [0.3, 0.4) is 0 Å². The lowest BCUT2D eigenvalue weighted by molar-refractivity contribution is -0.146. The zero-order valence-corrected chi connectivity index (χ0v) is 9.14. The van der Waals surface area contributed by atoms with Crippen LogP contribution >= 0.6 is 0 Å². The highest BCUT2D eigenvalue weighted by molar-refractivity contribution is 5.75. The van der Waals surface area contributed by atoms with E-state index in [0.29, 0.717) is 17.9 Å². The van der Waals surface area contributed by atoms with Crippen molar-refractivity contribution in [2.24, 2.45) is 0 Å². The van der Waals surface area contributed by atoms with Crippen LogP contribution in [-0.4, -0.2) is 25.5 Å². The second-order valence-electron chi connectivity index (χ2n) is 3.20. The maximum atomic E-state index is 11.1. The van der Waals surface area contributed by atoms with E-state index in [1.54, 1.807) is 24.3 Å². The molecular weight excluding hydrogens is 208 g/mol. The number of ether oxygens (including phenoxy) is 2. The molecule has 0 unspecified atom stereocenters. The lowest BCUT2D eigenvalue weighted by atomic mass is 10.2. The summed E-state index contributed by atoms with van der Waals surface area (Å²) in [7, 11) is 0. The summed E-state index contributed by atoms with van der Waals surface area (Å²) in [6, 6.07) is 6.60. The van der Waals surface area contributed by atoms with Gasteiger partial charge in [0.2, 0.25) is 0 Å². The summed E-state index contributed by atoms with van der Waals surface area (Å²) >= 11 is 0. The average molecular weight is 222 g/mol. The maximum absolute atomic E-state index is 11.1. The first-order chi connectivity index (χ1) is 7.76. The van der Waals surface area contributed by atoms with Gasteiger partial charge in [-0.15, -0.1) is 0 Å². The van der Waals surface area contributed by atoms with Gasteiger partial charge in [0.1, 0.15) is 12.0 Å². The van der Waals surface area contributed by atoms with Crippen LogP contribution in [-0.2, 0) is 9.53 Å². The van der Waals surface area contributed by atoms with Gasteiger partial charge in [0.15, 0.2) is 6.61 Å². The smallest absolute Gasteiger partial charge is 0.344 e. The third kappa shape index (κ3) is 4.13. The predicted molar refractivity (Wildman–Crippen MR) is 58.6 cm³/mol. The molecule has 16 heavy (non-hydrogen) atoms. The molecule has 0 aromatic heterocycles. The highest BCUT2D eigenvalue weighted by Crippen LogP contribution is 2.11. The van der Waals surface area contributed by atoms with E-state index in [1.165, 1.54) is 0 Å². The monoisotopic (exact) mass is 222 g/mol. The van der Waals surface area contributed by atoms with Gasteiger partial charge in [-0.3, -0.25) is 4.79 Å². The number of rotatable bonds is 6. The minimum atomic E-state index is -0.404. The number of carbonyl (C=O) groups is 2. The molecule has 1 aromatic rings. The molecule has 1 rings (SSSR count). The van der Waals surface area contributed by atoms with Gasteiger partial charge in [-0.2, -0.15) is 0 Å². The first-order valence-electron chi connectivity index (χ1n) is 5.10. The van der Waals surface area contributed by atoms with E-state index in [9.17, 15) is 9.59 Å². The third-order valence-corrected chi connectivity index (χ3v) is 1.82. The van der Waals surface area contributed by atoms with Gasteiger partial charge < -0.3 is 9.47 Å². The summed E-state index contributed by atoms with van der Waals surface area (Å²) in [6.45, 7) is 2.18. The predicted octanol–water partition coefficient (Wildman–Crippen LogP) is 1.83. The molecule has 0 N–H and O–H groups in total. The Balaban J connectivity index is 2.41. The Bertz CT molecular complexity index is 360. The molecule has 0 radical (unpaired) electrons. The second kappa shape index (κ2) is 6.61. The van der Waals surface area contributed by atoms with Crippen LogP contribution in [0.1, 0.15) is 23.7 Å². The summed E-state index contributed by atoms with van der Waals surface area (Å²) in [5.74, 6) is 0.0800. The number of hydrogen-bond acceptors (Lipinski definition) is 4. The molecule has 4 nitrogen and oxygen atoms in total. The molecule has 0 amide bonds. The average Bonchev–Trinajstić information content (AvgIpc) is 2.34. The van der Waals surface area contributed by atoms with Gasteiger partial charge in [-0.05, 0) is 18.6 Å². The van der Waals surface area contributed by atoms with Crippen molar-refractivity contribution in [3.05, 3.63) is 29.8 Å². The molecule has 0 bridgehead atoms. The van der Waals surface area contributed by atoms with E-state index in [0.717, 1.165) is 12.7 Å². The largest absolute Gasteiger partial charge is 0.482 e. The molecule has 0 saturated heterocycles. The van der Waals surface area contributed by atoms with Crippen molar-refractivity contribution >= 4 is 12.3 Å². The Labute approximate surface area is 94.2 Å². The van der Waals surface area contributed by atoms with Gasteiger partial charge in [-0.1, -0.05) is 19.1 Å². The molecule has 0 fully saturated rings. The minimum absolute atomic E-state index is 0.137. The van der Waals surface area contributed by atoms with Gasteiger partial charge >= 0.3 is 5.97 Å². The zero-order chi connectivity index (χ0) is 11.8. The molecule has 1 aromatic carbocycles. The van der Waals surface area contributed by atoms with Gasteiger partial charge in [-0.25, -0.2) is 4.79 Å². The van der Waals surface area contributed by atoms with Crippen LogP contribution in [0, 0.1) is 0 Å². The fourth-order valence-electron chi connectivity index (χ4n) is 1.08. The maximum Gasteiger partial charge on any atom is 0.344 e. The van der Waals surface area contributed by atoms with Crippen LogP contribution in [0.5, 0.6) is 5.75 Å². The first kappa shape index (κ1) is 12.2. The van der Waals surface area contributed by atoms with Crippen molar-refractivity contribution in [1.82, 2.24) is 0 Å². The minimum Gasteiger partial charge on any atom is -0.482 e. The van der Waals surface area contributed by atoms with Gasteiger partial charge in [0.25, 0.3) is 0 Å². The van der Waals surface area contributed by atoms with Crippen LogP contribution in [0.15, 0.2) is 24.3 Å². The molecule has 4 heteroatoms. The van der Waals surface area contributed by atoms with Crippen molar-refractivity contribution in [1.29, 1.82) is 0 Å². The molecule has 0 spiro atoms. The number of aldehydes is 1. The van der Waals surface area contributed by atoms with Crippen LogP contribution in [0.2, 0.25) is 0 Å². The Morgan fingerprint density at radius 2 is 2.25 bits per heavy atom. The fraction of sp³-hybridized carbons (Fsp3) is 0.333. The van der Waals surface area contributed by atoms with E-state index in [-0.39, 0.29) is 6.61 Å². The zero-order valence-electron chi connectivity index (χ0n) is 9.14. The molecule has 86 valence electrons. The number of benzene rings is 1. The van der Waals surface area contributed by atoms with Crippen molar-refractivity contribution in [3.63, 3.8) is 0 Å². The van der Waals surface area contributed by atoms with Crippen molar-refractivity contribution < 1.29 is 19.1 Å². The van der Waals surface area contributed by atoms with E-state index in [4.69, 9.17) is 9.47 Å². The highest BCUT2D eigenvalue weighted by Gasteiger charge is 2.03. The van der Waals surface area contributed by atoms with Crippen LogP contribution in [0.4, 0.5) is 0 Å². The first-order valence-corrected chi connectivity index (χ1v) is 5.10. The molecule has 0 atom stereocenters. The molecule has 0 saturated carbocycles. The van der Waals surface area contributed by atoms with Crippen LogP contribution < -0.4 is 4.74 Å². The Kier molecular flexibility index (Phi) is 5.05. The normalized spacial score (nSPS) is 9.56. The molecule has 0 aliphatic heterocycles. The second-order valence-corrected chi connectivity index (χ2v) is 3.20. The Morgan fingerprint density at radius 3 is 2.94 bits per heavy atom. The summed E-state index contributed by atoms with van der Waals surface area (Å²) in [4.78, 5) is 21.6. The number of hydrogen-bond donors (Lipinski definition) is 0. The van der Waals surface area contributed by atoms with E-state index < -0.39 is 5.97 Å². The Morgan fingerprint density at radius 1 is 1.44 bits per heavy atom. The number of carbonyl (C=O) groups excluding carboxylic acids is 2. The SMILES string of the molecule is CCCOC(=O)COc1cccc(C=O)c1. The fourth-order valence-corrected chi connectivity index (χ4v) is 1.08. The van der Waals surface area contributed by atoms with Gasteiger partial charge in [0.05, 0.1) is 6.61 Å². The highest BCUT2D eigenvalue weighted by atomic mass is 16.6. The van der Waals surface area contributed by atoms with E-state index in [1.807, 2.05) is 6.92 Å². The number of esters is 1. The summed E-state index contributed by atoms with van der Waals surface area (Å²) < 4.78 is 10.0. The Hall–Kier alpha value is -1.84. The topological polar surface area (TPSA) is 52.6 Å². The van der Waals surface area contributed by atoms with Crippen molar-refractivity contribution in [2.75, 3.05) is 13.2 Å². The molecular formula is C12H14O4. The standard InChI is InChI=1S/C12H14O4/c1-2-6-15-12(14)9-16-11-5-3-4-10(7-11)8-13/h3-5,7-8H,2,6,9H2,1H3. The quantitative estimate of drug-likeness (QED) is 0.544. The summed E-state index contributed by atoms with van der Waals surface area (Å²) in [6.07, 6.45) is 1.51. The van der Waals surface area contributed by atoms with E-state index >= 15 is 0 Å².